The van der Waals surface area contributed by atoms with Gasteiger partial charge in [0, 0.05) is 30.3 Å². The molecular formula is C14H14N2O5. The predicted octanol–water partition coefficient (Wildman–Crippen LogP) is 2.85. The van der Waals surface area contributed by atoms with Crippen LogP contribution < -0.4 is 5.32 Å². The van der Waals surface area contributed by atoms with Gasteiger partial charge in [-0.3, -0.25) is 10.1 Å². The van der Waals surface area contributed by atoms with Crippen LogP contribution in [0, 0.1) is 17.0 Å². The van der Waals surface area contributed by atoms with Crippen molar-refractivity contribution in [1.82, 2.24) is 0 Å². The number of nitro groups is 1. The van der Waals surface area contributed by atoms with E-state index in [0.717, 1.165) is 11.8 Å². The number of carboxylic acids is 1. The van der Waals surface area contributed by atoms with Crippen LogP contribution in [0.3, 0.4) is 0 Å². The number of rotatable bonds is 6. The van der Waals surface area contributed by atoms with Gasteiger partial charge in [-0.05, 0) is 25.1 Å². The third-order valence-corrected chi connectivity index (χ3v) is 3.09. The molecule has 0 aliphatic carbocycles. The minimum Gasteiger partial charge on any atom is -0.478 e. The molecule has 0 bridgehead atoms. The summed E-state index contributed by atoms with van der Waals surface area (Å²) in [5.74, 6) is -0.420. The lowest BCUT2D eigenvalue weighted by molar-refractivity contribution is -0.385. The highest BCUT2D eigenvalue weighted by atomic mass is 16.6. The number of anilines is 1. The quantitative estimate of drug-likeness (QED) is 0.626. The Balaban J connectivity index is 2.20. The fourth-order valence-corrected chi connectivity index (χ4v) is 1.97. The Labute approximate surface area is 120 Å². The monoisotopic (exact) mass is 290 g/mol. The van der Waals surface area contributed by atoms with Crippen LogP contribution in [0.2, 0.25) is 0 Å². The second-order valence-electron chi connectivity index (χ2n) is 4.49. The van der Waals surface area contributed by atoms with Crippen molar-refractivity contribution in [1.29, 1.82) is 0 Å². The number of hydrogen-bond acceptors (Lipinski definition) is 5. The lowest BCUT2D eigenvalue weighted by Crippen LogP contribution is -2.09. The first-order chi connectivity index (χ1) is 9.99. The van der Waals surface area contributed by atoms with E-state index < -0.39 is 10.9 Å². The Morgan fingerprint density at radius 3 is 2.81 bits per heavy atom. The molecule has 0 aliphatic rings. The summed E-state index contributed by atoms with van der Waals surface area (Å²) in [5.41, 5.74) is 0.515. The summed E-state index contributed by atoms with van der Waals surface area (Å²) in [7, 11) is 0. The molecule has 1 aromatic carbocycles. The molecule has 0 amide bonds. The summed E-state index contributed by atoms with van der Waals surface area (Å²) >= 11 is 0. The van der Waals surface area contributed by atoms with E-state index in [4.69, 9.17) is 9.52 Å². The number of nitro benzene ring substituents is 1. The largest absolute Gasteiger partial charge is 0.478 e. The molecule has 0 aliphatic heterocycles. The molecule has 0 fully saturated rings. The molecular weight excluding hydrogens is 276 g/mol. The van der Waals surface area contributed by atoms with E-state index in [0.29, 0.717) is 24.2 Å². The van der Waals surface area contributed by atoms with Crippen LogP contribution in [0.15, 0.2) is 34.9 Å². The van der Waals surface area contributed by atoms with Crippen molar-refractivity contribution in [2.75, 3.05) is 11.9 Å². The number of carboxylic acid groups (broad SMARTS) is 1. The van der Waals surface area contributed by atoms with Crippen LogP contribution in [-0.2, 0) is 6.42 Å². The average Bonchev–Trinajstić information content (AvgIpc) is 2.93. The minimum absolute atomic E-state index is 0.118. The van der Waals surface area contributed by atoms with Crippen molar-refractivity contribution >= 4 is 17.3 Å². The topological polar surface area (TPSA) is 106 Å². The number of hydrogen-bond donors (Lipinski definition) is 2. The molecule has 0 saturated carbocycles. The average molecular weight is 290 g/mol. The van der Waals surface area contributed by atoms with Crippen molar-refractivity contribution in [3.8, 4) is 0 Å². The van der Waals surface area contributed by atoms with Gasteiger partial charge in [-0.2, -0.15) is 0 Å². The molecule has 0 radical (unpaired) electrons. The van der Waals surface area contributed by atoms with Crippen LogP contribution in [0.1, 0.15) is 21.7 Å². The van der Waals surface area contributed by atoms with E-state index in [2.05, 4.69) is 5.32 Å². The highest BCUT2D eigenvalue weighted by Gasteiger charge is 2.18. The molecule has 1 aromatic heterocycles. The zero-order valence-corrected chi connectivity index (χ0v) is 11.3. The molecule has 7 nitrogen and oxygen atoms in total. The van der Waals surface area contributed by atoms with Gasteiger partial charge >= 0.3 is 5.97 Å². The van der Waals surface area contributed by atoms with Gasteiger partial charge in [0.15, 0.2) is 0 Å². The summed E-state index contributed by atoms with van der Waals surface area (Å²) in [4.78, 5) is 21.4. The Kier molecular flexibility index (Phi) is 4.22. The van der Waals surface area contributed by atoms with Crippen molar-refractivity contribution in [3.63, 3.8) is 0 Å². The van der Waals surface area contributed by atoms with E-state index in [1.807, 2.05) is 6.07 Å². The minimum atomic E-state index is -1.20. The smallest absolute Gasteiger partial charge is 0.336 e. The number of furan rings is 1. The fraction of sp³-hybridized carbons (Fsp3) is 0.214. The van der Waals surface area contributed by atoms with E-state index in [-0.39, 0.29) is 11.3 Å². The lowest BCUT2D eigenvalue weighted by atomic mass is 10.1. The first-order valence-corrected chi connectivity index (χ1v) is 6.27. The maximum Gasteiger partial charge on any atom is 0.336 e. The number of benzene rings is 1. The van der Waals surface area contributed by atoms with Gasteiger partial charge in [-0.1, -0.05) is 0 Å². The summed E-state index contributed by atoms with van der Waals surface area (Å²) in [6.45, 7) is 2.06. The van der Waals surface area contributed by atoms with Gasteiger partial charge in [0.1, 0.15) is 5.76 Å². The molecule has 21 heavy (non-hydrogen) atoms. The van der Waals surface area contributed by atoms with Crippen molar-refractivity contribution in [2.45, 2.75) is 13.3 Å². The maximum atomic E-state index is 11.0. The number of nitrogens with one attached hydrogen (secondary N) is 1. The second kappa shape index (κ2) is 6.08. The molecule has 2 N–H and O–H groups in total. The molecule has 0 atom stereocenters. The summed E-state index contributed by atoms with van der Waals surface area (Å²) in [5, 5.41) is 23.0. The van der Waals surface area contributed by atoms with E-state index in [1.165, 1.54) is 6.07 Å². The molecule has 2 rings (SSSR count). The van der Waals surface area contributed by atoms with Crippen LogP contribution in [0.5, 0.6) is 0 Å². The lowest BCUT2D eigenvalue weighted by Gasteiger charge is -2.10. The number of aromatic carboxylic acids is 1. The Morgan fingerprint density at radius 2 is 2.24 bits per heavy atom. The normalized spacial score (nSPS) is 10.3. The maximum absolute atomic E-state index is 11.0. The van der Waals surface area contributed by atoms with Crippen molar-refractivity contribution in [3.05, 3.63) is 57.5 Å². The summed E-state index contributed by atoms with van der Waals surface area (Å²) < 4.78 is 5.18. The number of nitrogens with zero attached hydrogens (tertiary/aromatic N) is 1. The highest BCUT2D eigenvalue weighted by molar-refractivity contribution is 5.90. The van der Waals surface area contributed by atoms with Gasteiger partial charge in [-0.15, -0.1) is 0 Å². The third-order valence-electron chi connectivity index (χ3n) is 3.09. The van der Waals surface area contributed by atoms with Gasteiger partial charge in [-0.25, -0.2) is 4.79 Å². The Bertz CT molecular complexity index is 664. The Morgan fingerprint density at radius 1 is 1.48 bits per heavy atom. The van der Waals surface area contributed by atoms with E-state index in [1.54, 1.807) is 19.3 Å². The Hall–Kier alpha value is -2.83. The van der Waals surface area contributed by atoms with Gasteiger partial charge in [0.2, 0.25) is 0 Å². The molecule has 0 spiro atoms. The standard InChI is InChI=1S/C14H14N2O5/c1-9-12(15-5-4-11-3-2-6-21-11)7-10(14(17)18)8-13(9)16(19)20/h2-3,6-8,15H,4-5H2,1H3,(H,17,18). The highest BCUT2D eigenvalue weighted by Crippen LogP contribution is 2.27. The zero-order valence-electron chi connectivity index (χ0n) is 11.3. The molecule has 0 saturated heterocycles. The predicted molar refractivity (Wildman–Crippen MR) is 75.7 cm³/mol. The first-order valence-electron chi connectivity index (χ1n) is 6.27. The molecule has 0 unspecified atom stereocenters. The van der Waals surface area contributed by atoms with Gasteiger partial charge in [0.25, 0.3) is 5.69 Å². The van der Waals surface area contributed by atoms with Crippen LogP contribution >= 0.6 is 0 Å². The SMILES string of the molecule is Cc1c(NCCc2ccco2)cc(C(=O)O)cc1[N+](=O)[O-]. The molecule has 110 valence electrons. The molecule has 1 heterocycles. The van der Waals surface area contributed by atoms with Crippen LogP contribution in [0.4, 0.5) is 11.4 Å². The van der Waals surface area contributed by atoms with Crippen molar-refractivity contribution in [2.24, 2.45) is 0 Å². The molecule has 2 aromatic rings. The zero-order chi connectivity index (χ0) is 15.4. The van der Waals surface area contributed by atoms with Gasteiger partial charge in [0.05, 0.1) is 16.7 Å². The van der Waals surface area contributed by atoms with Gasteiger partial charge < -0.3 is 14.8 Å². The fourth-order valence-electron chi connectivity index (χ4n) is 1.97. The van der Waals surface area contributed by atoms with Crippen LogP contribution in [0.25, 0.3) is 0 Å². The third kappa shape index (κ3) is 3.38. The van der Waals surface area contributed by atoms with Crippen molar-refractivity contribution < 1.29 is 19.2 Å². The first kappa shape index (κ1) is 14.6. The summed E-state index contributed by atoms with van der Waals surface area (Å²) in [6.07, 6.45) is 2.16. The molecule has 7 heteroatoms. The van der Waals surface area contributed by atoms with E-state index in [9.17, 15) is 14.9 Å². The summed E-state index contributed by atoms with van der Waals surface area (Å²) in [6, 6.07) is 6.06. The van der Waals surface area contributed by atoms with Crippen LogP contribution in [-0.4, -0.2) is 22.5 Å². The second-order valence-corrected chi connectivity index (χ2v) is 4.49. The van der Waals surface area contributed by atoms with E-state index >= 15 is 0 Å². The number of carbonyl (C=O) groups is 1.